The van der Waals surface area contributed by atoms with Crippen LogP contribution in [-0.2, 0) is 23.1 Å². The Hall–Kier alpha value is -3.43. The van der Waals surface area contributed by atoms with E-state index in [4.69, 9.17) is 30.0 Å². The molecule has 6 heterocycles. The van der Waals surface area contributed by atoms with Crippen molar-refractivity contribution in [2.75, 3.05) is 24.7 Å². The maximum absolute atomic E-state index is 12.9. The number of rotatable bonds is 8. The Kier molecular flexibility index (Phi) is 7.06. The van der Waals surface area contributed by atoms with E-state index in [1.807, 2.05) is 0 Å². The lowest BCUT2D eigenvalue weighted by atomic mass is 10.1. The van der Waals surface area contributed by atoms with Crippen molar-refractivity contribution >= 4 is 41.8 Å². The maximum Gasteiger partial charge on any atom is 0.472 e. The molecule has 0 radical (unpaired) electrons. The number of nitrogens with zero attached hydrogens (tertiary/aromatic N) is 8. The summed E-state index contributed by atoms with van der Waals surface area (Å²) in [5, 5.41) is 41.8. The van der Waals surface area contributed by atoms with Gasteiger partial charge in [-0.15, -0.1) is 0 Å². The van der Waals surface area contributed by atoms with Crippen LogP contribution in [0.4, 0.5) is 11.6 Å². The first-order valence-corrected chi connectivity index (χ1v) is 13.6. The monoisotopic (exact) mass is 596 g/mol. The quantitative estimate of drug-likeness (QED) is 0.101. The molecule has 0 aromatic carbocycles. The highest BCUT2D eigenvalue weighted by Crippen LogP contribution is 2.49. The molecule has 2 fully saturated rings. The minimum atomic E-state index is -4.96. The van der Waals surface area contributed by atoms with Crippen molar-refractivity contribution in [1.29, 1.82) is 0 Å². The summed E-state index contributed by atoms with van der Waals surface area (Å²) in [4.78, 5) is 34.4. The molecule has 4 aromatic heterocycles. The lowest BCUT2D eigenvalue weighted by Crippen LogP contribution is -2.36. The van der Waals surface area contributed by atoms with E-state index in [9.17, 15) is 29.9 Å². The van der Waals surface area contributed by atoms with Crippen molar-refractivity contribution in [3.63, 3.8) is 0 Å². The fourth-order valence-corrected chi connectivity index (χ4v) is 5.75. The average Bonchev–Trinajstić information content (AvgIpc) is 3.70. The molecule has 20 nitrogen and oxygen atoms in total. The summed E-state index contributed by atoms with van der Waals surface area (Å²) in [5.41, 5.74) is 12.5. The van der Waals surface area contributed by atoms with Crippen molar-refractivity contribution in [1.82, 2.24) is 39.0 Å². The van der Waals surface area contributed by atoms with Gasteiger partial charge in [0.2, 0.25) is 0 Å². The molecule has 9 atom stereocenters. The van der Waals surface area contributed by atoms with Gasteiger partial charge in [-0.3, -0.25) is 18.2 Å². The van der Waals surface area contributed by atoms with Gasteiger partial charge in [0.15, 0.2) is 35.4 Å². The molecule has 9 N–H and O–H groups in total. The number of hydrogen-bond donors (Lipinski definition) is 7. The van der Waals surface area contributed by atoms with Gasteiger partial charge in [0, 0.05) is 0 Å². The highest BCUT2D eigenvalue weighted by Gasteiger charge is 2.50. The third kappa shape index (κ3) is 4.78. The second kappa shape index (κ2) is 10.4. The largest absolute Gasteiger partial charge is 0.472 e. The fourth-order valence-electron chi connectivity index (χ4n) is 4.79. The normalized spacial score (nSPS) is 31.7. The number of imidazole rings is 2. The standard InChI is InChI=1S/C20H25N10O10P/c21-15-9-17(25-3-23-15)29(5-27-9)19-12(33)11(32)8(39-19)2-37-41(35,36)40-14-7(1-31)38-20(13(14)34)30-6-28-10-16(22)24-4-26-18(10)30/h3-8,11-14,19-20,31-34H,1-2H2,(H,35,36)(H2,21,23,25)(H2,22,24,26)/t7-,8+,11+,12+,13-,14-,19+,20-/m1/s1. The van der Waals surface area contributed by atoms with Crippen molar-refractivity contribution < 1.29 is 48.4 Å². The molecule has 0 spiro atoms. The molecule has 2 saturated heterocycles. The van der Waals surface area contributed by atoms with Gasteiger partial charge >= 0.3 is 7.82 Å². The maximum atomic E-state index is 12.9. The van der Waals surface area contributed by atoms with Crippen LogP contribution in [0.3, 0.4) is 0 Å². The lowest BCUT2D eigenvalue weighted by molar-refractivity contribution is -0.0585. The van der Waals surface area contributed by atoms with Gasteiger partial charge in [-0.25, -0.2) is 34.5 Å². The molecular formula is C20H25N10O10P. The zero-order valence-corrected chi connectivity index (χ0v) is 21.7. The Morgan fingerprint density at radius 3 is 1.93 bits per heavy atom. The predicted octanol–water partition coefficient (Wildman–Crippen LogP) is -2.80. The Labute approximate surface area is 228 Å². The second-order valence-corrected chi connectivity index (χ2v) is 10.7. The molecule has 0 aliphatic carbocycles. The topological polar surface area (TPSA) is 294 Å². The molecule has 0 amide bonds. The number of ether oxygens (including phenoxy) is 2. The second-order valence-electron chi connectivity index (χ2n) is 9.28. The first-order valence-electron chi connectivity index (χ1n) is 12.1. The van der Waals surface area contributed by atoms with E-state index in [0.29, 0.717) is 0 Å². The predicted molar refractivity (Wildman–Crippen MR) is 133 cm³/mol. The third-order valence-electron chi connectivity index (χ3n) is 6.81. The lowest BCUT2D eigenvalue weighted by Gasteiger charge is -2.23. The Balaban J connectivity index is 1.14. The molecule has 0 saturated carbocycles. The molecule has 2 aliphatic heterocycles. The molecule has 2 aliphatic rings. The first kappa shape index (κ1) is 27.7. The van der Waals surface area contributed by atoms with E-state index in [0.717, 1.165) is 0 Å². The van der Waals surface area contributed by atoms with E-state index in [2.05, 4.69) is 29.9 Å². The van der Waals surface area contributed by atoms with Crippen LogP contribution < -0.4 is 11.5 Å². The number of fused-ring (bicyclic) bond motifs is 2. The molecule has 220 valence electrons. The van der Waals surface area contributed by atoms with Crippen molar-refractivity contribution in [2.45, 2.75) is 49.1 Å². The fraction of sp³-hybridized carbons (Fsp3) is 0.500. The summed E-state index contributed by atoms with van der Waals surface area (Å²) in [6.45, 7) is -1.39. The molecule has 41 heavy (non-hydrogen) atoms. The van der Waals surface area contributed by atoms with E-state index in [-0.39, 0.29) is 34.0 Å². The molecular weight excluding hydrogens is 571 g/mol. The number of anilines is 2. The van der Waals surface area contributed by atoms with Crippen LogP contribution in [0.25, 0.3) is 22.3 Å². The van der Waals surface area contributed by atoms with Crippen LogP contribution in [0.15, 0.2) is 25.3 Å². The molecule has 4 aromatic rings. The summed E-state index contributed by atoms with van der Waals surface area (Å²) in [6.07, 6.45) is -6.18. The van der Waals surface area contributed by atoms with Crippen LogP contribution in [0.1, 0.15) is 12.5 Å². The summed E-state index contributed by atoms with van der Waals surface area (Å²) >= 11 is 0. The zero-order chi connectivity index (χ0) is 29.1. The van der Waals surface area contributed by atoms with Crippen LogP contribution in [-0.4, -0.2) is 114 Å². The van der Waals surface area contributed by atoms with Gasteiger partial charge < -0.3 is 46.3 Å². The van der Waals surface area contributed by atoms with E-state index in [1.165, 1.54) is 34.4 Å². The van der Waals surface area contributed by atoms with Crippen molar-refractivity contribution in [3.05, 3.63) is 25.3 Å². The highest BCUT2D eigenvalue weighted by molar-refractivity contribution is 7.47. The third-order valence-corrected chi connectivity index (χ3v) is 7.79. The zero-order valence-electron chi connectivity index (χ0n) is 20.8. The molecule has 21 heteroatoms. The number of aromatic nitrogens is 8. The minimum Gasteiger partial charge on any atom is -0.394 e. The molecule has 1 unspecified atom stereocenters. The Bertz CT molecular complexity index is 1620. The van der Waals surface area contributed by atoms with Gasteiger partial charge in [-0.1, -0.05) is 0 Å². The van der Waals surface area contributed by atoms with Gasteiger partial charge in [0.05, 0.1) is 25.9 Å². The SMILES string of the molecule is Nc1ncnc2c1ncn2[C@@H]1O[C@H](CO)[C@@H](OP(=O)(O)OC[C@@H]2O[C@H](n3cnc4c(N)ncnc43)[C@@H](O)[C@H]2O)[C@H]1O. The number of nitrogen functional groups attached to an aromatic ring is 2. The van der Waals surface area contributed by atoms with Gasteiger partial charge in [0.25, 0.3) is 0 Å². The number of phosphoric acid groups is 1. The number of aliphatic hydroxyl groups is 4. The van der Waals surface area contributed by atoms with E-state index < -0.39 is 70.1 Å². The van der Waals surface area contributed by atoms with Gasteiger partial charge in [-0.2, -0.15) is 0 Å². The Morgan fingerprint density at radius 1 is 0.829 bits per heavy atom. The number of phosphoric ester groups is 1. The van der Waals surface area contributed by atoms with Crippen LogP contribution in [0.2, 0.25) is 0 Å². The van der Waals surface area contributed by atoms with Crippen LogP contribution in [0, 0.1) is 0 Å². The number of aliphatic hydroxyl groups excluding tert-OH is 4. The number of hydrogen-bond acceptors (Lipinski definition) is 17. The summed E-state index contributed by atoms with van der Waals surface area (Å²) in [5.74, 6) is 0.184. The smallest absolute Gasteiger partial charge is 0.394 e. The van der Waals surface area contributed by atoms with Gasteiger partial charge in [-0.05, 0) is 0 Å². The van der Waals surface area contributed by atoms with Crippen LogP contribution in [0.5, 0.6) is 0 Å². The molecule has 6 rings (SSSR count). The minimum absolute atomic E-state index is 0.0864. The first-order chi connectivity index (χ1) is 19.6. The van der Waals surface area contributed by atoms with Crippen molar-refractivity contribution in [2.24, 2.45) is 0 Å². The summed E-state index contributed by atoms with van der Waals surface area (Å²) in [6, 6.07) is 0. The number of nitrogens with two attached hydrogens (primary N) is 2. The molecule has 0 bridgehead atoms. The van der Waals surface area contributed by atoms with E-state index in [1.54, 1.807) is 0 Å². The van der Waals surface area contributed by atoms with Gasteiger partial charge in [0.1, 0.15) is 60.3 Å². The summed E-state index contributed by atoms with van der Waals surface area (Å²) < 4.78 is 37.1. The Morgan fingerprint density at radius 2 is 1.37 bits per heavy atom. The average molecular weight is 596 g/mol. The van der Waals surface area contributed by atoms with Crippen LogP contribution >= 0.6 is 7.82 Å². The highest BCUT2D eigenvalue weighted by atomic mass is 31.2. The van der Waals surface area contributed by atoms with Crippen molar-refractivity contribution in [3.8, 4) is 0 Å². The summed E-state index contributed by atoms with van der Waals surface area (Å²) in [7, 11) is -4.96. The van der Waals surface area contributed by atoms with E-state index >= 15 is 0 Å².